The summed E-state index contributed by atoms with van der Waals surface area (Å²) in [5.74, 6) is 1.10. The average molecular weight is 572 g/mol. The van der Waals surface area contributed by atoms with Crippen molar-refractivity contribution in [3.63, 3.8) is 0 Å². The molecule has 8 heteroatoms. The van der Waals surface area contributed by atoms with Gasteiger partial charge in [-0.05, 0) is 41.7 Å². The maximum atomic E-state index is 13.7. The van der Waals surface area contributed by atoms with Crippen LogP contribution in [0.4, 0.5) is 5.13 Å². The van der Waals surface area contributed by atoms with Gasteiger partial charge in [-0.2, -0.15) is 4.37 Å². The number of carbonyl (C=O) groups is 1. The predicted octanol–water partition coefficient (Wildman–Crippen LogP) is 5.93. The average Bonchev–Trinajstić information content (AvgIpc) is 3.48. The Hall–Kier alpha value is -3.26. The lowest BCUT2D eigenvalue weighted by atomic mass is 9.95. The second-order valence-corrected chi connectivity index (χ2v) is 11.8. The standard InChI is InChI=1S/C32H34ClN5OS/c33-28-15-13-24(14-16-28)22-29-34-32(40-35-29)38-17-7-12-27(23-38)31(39)37-20-18-36(19-21-37)30(25-8-3-1-4-9-25)26-10-5-2-6-11-26/h1-6,8-11,13-16,27,30H,7,12,17-23H2. The highest BCUT2D eigenvalue weighted by molar-refractivity contribution is 7.09. The lowest BCUT2D eigenvalue weighted by Gasteiger charge is -2.41. The number of anilines is 1. The summed E-state index contributed by atoms with van der Waals surface area (Å²) in [4.78, 5) is 25.3. The Morgan fingerprint density at radius 1 is 0.875 bits per heavy atom. The molecule has 206 valence electrons. The molecule has 4 aromatic rings. The summed E-state index contributed by atoms with van der Waals surface area (Å²) in [6.45, 7) is 4.88. The van der Waals surface area contributed by atoms with E-state index < -0.39 is 0 Å². The van der Waals surface area contributed by atoms with Crippen LogP contribution in [0.3, 0.4) is 0 Å². The van der Waals surface area contributed by atoms with E-state index in [0.29, 0.717) is 13.0 Å². The number of hydrogen-bond donors (Lipinski definition) is 0. The molecule has 2 aliphatic rings. The molecule has 6 rings (SSSR count). The van der Waals surface area contributed by atoms with Gasteiger partial charge in [0.2, 0.25) is 11.0 Å². The fourth-order valence-electron chi connectivity index (χ4n) is 5.93. The molecular weight excluding hydrogens is 538 g/mol. The lowest BCUT2D eigenvalue weighted by molar-refractivity contribution is -0.137. The van der Waals surface area contributed by atoms with Crippen LogP contribution < -0.4 is 4.90 Å². The van der Waals surface area contributed by atoms with Crippen molar-refractivity contribution < 1.29 is 4.79 Å². The van der Waals surface area contributed by atoms with Crippen LogP contribution in [0.1, 0.15) is 41.4 Å². The minimum Gasteiger partial charge on any atom is -0.346 e. The van der Waals surface area contributed by atoms with Gasteiger partial charge in [-0.25, -0.2) is 4.98 Å². The zero-order valence-corrected chi connectivity index (χ0v) is 24.1. The highest BCUT2D eigenvalue weighted by Gasteiger charge is 2.34. The number of amides is 1. The molecule has 0 N–H and O–H groups in total. The van der Waals surface area contributed by atoms with Crippen molar-refractivity contribution in [1.29, 1.82) is 0 Å². The molecule has 1 atom stereocenters. The normalized spacial score (nSPS) is 18.3. The van der Waals surface area contributed by atoms with E-state index in [0.717, 1.165) is 67.1 Å². The Morgan fingerprint density at radius 3 is 2.17 bits per heavy atom. The van der Waals surface area contributed by atoms with E-state index in [1.165, 1.54) is 22.7 Å². The van der Waals surface area contributed by atoms with Crippen LogP contribution in [0.2, 0.25) is 5.02 Å². The smallest absolute Gasteiger partial charge is 0.227 e. The minimum absolute atomic E-state index is 0.00274. The number of piperidine rings is 1. The summed E-state index contributed by atoms with van der Waals surface area (Å²) in [6, 6.07) is 29.4. The van der Waals surface area contributed by atoms with Gasteiger partial charge < -0.3 is 9.80 Å². The quantitative estimate of drug-likeness (QED) is 0.275. The van der Waals surface area contributed by atoms with Gasteiger partial charge in [0.05, 0.1) is 12.0 Å². The molecule has 0 bridgehead atoms. The second kappa shape index (κ2) is 12.5. The molecule has 6 nitrogen and oxygen atoms in total. The topological polar surface area (TPSA) is 52.6 Å². The van der Waals surface area contributed by atoms with E-state index in [1.54, 1.807) is 0 Å². The first-order chi connectivity index (χ1) is 19.6. The predicted molar refractivity (Wildman–Crippen MR) is 162 cm³/mol. The first-order valence-corrected chi connectivity index (χ1v) is 15.2. The molecule has 3 aromatic carbocycles. The first-order valence-electron chi connectivity index (χ1n) is 14.1. The number of aromatic nitrogens is 2. The molecule has 2 aliphatic heterocycles. The van der Waals surface area contributed by atoms with Crippen molar-refractivity contribution >= 4 is 34.2 Å². The molecular formula is C32H34ClN5OS. The van der Waals surface area contributed by atoms with Crippen LogP contribution in [0.15, 0.2) is 84.9 Å². The summed E-state index contributed by atoms with van der Waals surface area (Å²) in [5, 5.41) is 1.65. The van der Waals surface area contributed by atoms with Crippen molar-refractivity contribution in [3.8, 4) is 0 Å². The van der Waals surface area contributed by atoms with E-state index in [2.05, 4.69) is 79.7 Å². The van der Waals surface area contributed by atoms with Gasteiger partial charge in [-0.15, -0.1) is 0 Å². The molecule has 0 aliphatic carbocycles. The summed E-state index contributed by atoms with van der Waals surface area (Å²) < 4.78 is 4.60. The Labute approximate surface area is 245 Å². The van der Waals surface area contributed by atoms with Crippen LogP contribution in [0, 0.1) is 5.92 Å². The molecule has 1 amide bonds. The maximum absolute atomic E-state index is 13.7. The van der Waals surface area contributed by atoms with Crippen molar-refractivity contribution in [1.82, 2.24) is 19.2 Å². The van der Waals surface area contributed by atoms with Crippen molar-refractivity contribution in [2.75, 3.05) is 44.2 Å². The number of benzene rings is 3. The first kappa shape index (κ1) is 26.9. The van der Waals surface area contributed by atoms with Gasteiger partial charge in [0.1, 0.15) is 5.82 Å². The molecule has 2 fully saturated rings. The van der Waals surface area contributed by atoms with Crippen molar-refractivity contribution in [2.24, 2.45) is 5.92 Å². The second-order valence-electron chi connectivity index (χ2n) is 10.7. The Bertz CT molecular complexity index is 1350. The third-order valence-corrected chi connectivity index (χ3v) is 9.06. The SMILES string of the molecule is O=C(C1CCCN(c2nc(Cc3ccc(Cl)cc3)ns2)C1)N1CCN(C(c2ccccc2)c2ccccc2)CC1. The van der Waals surface area contributed by atoms with Gasteiger partial charge in [0, 0.05) is 62.2 Å². The Kier molecular flexibility index (Phi) is 8.42. The summed E-state index contributed by atoms with van der Waals surface area (Å²) in [7, 11) is 0. The van der Waals surface area contributed by atoms with Crippen molar-refractivity contribution in [3.05, 3.63) is 112 Å². The highest BCUT2D eigenvalue weighted by Crippen LogP contribution is 2.31. The van der Waals surface area contributed by atoms with Gasteiger partial charge in [-0.1, -0.05) is 84.4 Å². The molecule has 1 unspecified atom stereocenters. The third kappa shape index (κ3) is 6.22. The number of hydrogen-bond acceptors (Lipinski definition) is 6. The fourth-order valence-corrected chi connectivity index (χ4v) is 6.77. The monoisotopic (exact) mass is 571 g/mol. The number of rotatable bonds is 7. The molecule has 0 saturated carbocycles. The summed E-state index contributed by atoms with van der Waals surface area (Å²) in [6.07, 6.45) is 2.61. The zero-order chi connectivity index (χ0) is 27.3. The molecule has 1 aromatic heterocycles. The fraction of sp³-hybridized carbons (Fsp3) is 0.344. The van der Waals surface area contributed by atoms with E-state index in [4.69, 9.17) is 16.6 Å². The zero-order valence-electron chi connectivity index (χ0n) is 22.5. The molecule has 2 saturated heterocycles. The van der Waals surface area contributed by atoms with Crippen molar-refractivity contribution in [2.45, 2.75) is 25.3 Å². The lowest BCUT2D eigenvalue weighted by Crippen LogP contribution is -2.53. The van der Waals surface area contributed by atoms with Crippen LogP contribution in [-0.2, 0) is 11.2 Å². The number of halogens is 1. The molecule has 0 radical (unpaired) electrons. The van der Waals surface area contributed by atoms with E-state index >= 15 is 0 Å². The molecule has 40 heavy (non-hydrogen) atoms. The maximum Gasteiger partial charge on any atom is 0.227 e. The Balaban J connectivity index is 1.07. The van der Waals surface area contributed by atoms with Crippen LogP contribution in [0.5, 0.6) is 0 Å². The summed E-state index contributed by atoms with van der Waals surface area (Å²) in [5.41, 5.74) is 3.73. The molecule has 3 heterocycles. The van der Waals surface area contributed by atoms with Gasteiger partial charge in [0.25, 0.3) is 0 Å². The van der Waals surface area contributed by atoms with Crippen LogP contribution in [-0.4, -0.2) is 64.3 Å². The summed E-state index contributed by atoms with van der Waals surface area (Å²) >= 11 is 7.45. The minimum atomic E-state index is 0.00274. The highest BCUT2D eigenvalue weighted by atomic mass is 35.5. The number of nitrogens with zero attached hydrogens (tertiary/aromatic N) is 5. The van der Waals surface area contributed by atoms with Crippen LogP contribution in [0.25, 0.3) is 0 Å². The van der Waals surface area contributed by atoms with Gasteiger partial charge in [-0.3, -0.25) is 9.69 Å². The van der Waals surface area contributed by atoms with E-state index in [1.807, 2.05) is 24.3 Å². The Morgan fingerprint density at radius 2 is 1.52 bits per heavy atom. The largest absolute Gasteiger partial charge is 0.346 e. The van der Waals surface area contributed by atoms with E-state index in [-0.39, 0.29) is 17.9 Å². The molecule has 0 spiro atoms. The number of piperazine rings is 1. The number of carbonyl (C=O) groups excluding carboxylic acids is 1. The van der Waals surface area contributed by atoms with Crippen LogP contribution >= 0.6 is 23.1 Å². The third-order valence-electron chi connectivity index (χ3n) is 8.00. The van der Waals surface area contributed by atoms with Gasteiger partial charge >= 0.3 is 0 Å². The van der Waals surface area contributed by atoms with E-state index in [9.17, 15) is 4.79 Å². The van der Waals surface area contributed by atoms with Gasteiger partial charge in [0.15, 0.2) is 0 Å².